The molecule has 3 nitrogen and oxygen atoms in total. The van der Waals surface area contributed by atoms with E-state index >= 15 is 0 Å². The third kappa shape index (κ3) is 12.5. The Hall–Kier alpha value is -0.534. The van der Waals surface area contributed by atoms with Crippen molar-refractivity contribution < 1.29 is 50.7 Å². The summed E-state index contributed by atoms with van der Waals surface area (Å²) in [6.45, 7) is 31.9. The molecule has 0 atom stereocenters. The van der Waals surface area contributed by atoms with E-state index in [1.807, 2.05) is 0 Å². The van der Waals surface area contributed by atoms with Crippen molar-refractivity contribution in [3.8, 4) is 0 Å². The van der Waals surface area contributed by atoms with E-state index in [-0.39, 0.29) is 50.7 Å². The minimum atomic E-state index is 0. The van der Waals surface area contributed by atoms with Crippen LogP contribution in [0.4, 0.5) is 11.4 Å². The molecule has 0 heterocycles. The Labute approximate surface area is 291 Å². The van der Waals surface area contributed by atoms with Crippen LogP contribution in [0.5, 0.6) is 0 Å². The molecule has 0 aromatic heterocycles. The molecule has 1 radical (unpaired) electrons. The van der Waals surface area contributed by atoms with Crippen molar-refractivity contribution in [3.05, 3.63) is 57.6 Å². The molecular weight excluding hydrogens is 693 g/mol. The SMILES string of the molecule is CC(C)c1cc(C(C)C)c(NCCCN(C)CCNc2c(C(C)C)cc(C(C)C)cc2C(C)C)c(C(C)C)c1.[Br-].[Br-].[Co+2]. The van der Waals surface area contributed by atoms with Crippen LogP contribution < -0.4 is 44.6 Å². The van der Waals surface area contributed by atoms with Crippen molar-refractivity contribution in [2.45, 2.75) is 125 Å². The number of hydrogen-bond acceptors (Lipinski definition) is 3. The smallest absolute Gasteiger partial charge is 1.00 e. The molecule has 0 unspecified atom stereocenters. The molecule has 0 bridgehead atoms. The monoisotopic (exact) mass is 752 g/mol. The molecule has 2 N–H and O–H groups in total. The third-order valence-electron chi connectivity index (χ3n) is 8.08. The second kappa shape index (κ2) is 20.5. The van der Waals surface area contributed by atoms with Gasteiger partial charge in [-0.05, 0) is 88.9 Å². The van der Waals surface area contributed by atoms with Crippen LogP contribution in [-0.2, 0) is 16.8 Å². The summed E-state index contributed by atoms with van der Waals surface area (Å²) in [5, 5.41) is 7.71. The Balaban J connectivity index is 0. The van der Waals surface area contributed by atoms with Crippen molar-refractivity contribution in [1.29, 1.82) is 0 Å². The van der Waals surface area contributed by atoms with Crippen molar-refractivity contribution >= 4 is 11.4 Å². The van der Waals surface area contributed by atoms with Crippen LogP contribution in [0.1, 0.15) is 158 Å². The summed E-state index contributed by atoms with van der Waals surface area (Å²) in [4.78, 5) is 2.47. The van der Waals surface area contributed by atoms with Gasteiger partial charge in [-0.3, -0.25) is 0 Å². The van der Waals surface area contributed by atoms with Crippen molar-refractivity contribution in [2.75, 3.05) is 43.9 Å². The number of benzene rings is 2. The van der Waals surface area contributed by atoms with Crippen LogP contribution in [-0.4, -0.2) is 38.1 Å². The van der Waals surface area contributed by atoms with Gasteiger partial charge in [0.1, 0.15) is 0 Å². The van der Waals surface area contributed by atoms with E-state index < -0.39 is 0 Å². The molecule has 2 rings (SSSR count). The first-order valence-electron chi connectivity index (χ1n) is 15.8. The molecule has 0 saturated carbocycles. The van der Waals surface area contributed by atoms with E-state index in [1.165, 1.54) is 44.8 Å². The normalized spacial score (nSPS) is 11.4. The zero-order valence-electron chi connectivity index (χ0n) is 28.8. The largest absolute Gasteiger partial charge is 2.00 e. The summed E-state index contributed by atoms with van der Waals surface area (Å²) in [6.07, 6.45) is 1.13. The Bertz CT molecular complexity index is 990. The van der Waals surface area contributed by atoms with Crippen LogP contribution in [0.15, 0.2) is 24.3 Å². The average molecular weight is 755 g/mol. The molecule has 243 valence electrons. The Morgan fingerprint density at radius 3 is 1.10 bits per heavy atom. The molecule has 0 amide bonds. The van der Waals surface area contributed by atoms with E-state index in [2.05, 4.69) is 130 Å². The zero-order chi connectivity index (χ0) is 29.4. The van der Waals surface area contributed by atoms with Crippen molar-refractivity contribution in [3.63, 3.8) is 0 Å². The summed E-state index contributed by atoms with van der Waals surface area (Å²) < 4.78 is 0. The number of anilines is 2. The summed E-state index contributed by atoms with van der Waals surface area (Å²) in [6, 6.07) is 9.74. The second-order valence-corrected chi connectivity index (χ2v) is 13.6. The summed E-state index contributed by atoms with van der Waals surface area (Å²) in [7, 11) is 2.26. The summed E-state index contributed by atoms with van der Waals surface area (Å²) in [5.74, 6) is 3.15. The average Bonchev–Trinajstić information content (AvgIpc) is 2.85. The standard InChI is InChI=1S/C36H61N3.2BrH.Co/c1-23(2)29-19-31(25(5)6)35(32(20-29)26(7)8)37-15-14-17-39(13)18-16-38-36-33(27(9)10)21-30(24(3)4)22-34(36)28(11)12;;;/h19-28,37-38H,14-18H2,1-13H3;2*1H;/q;;;+2/p-2. The minimum absolute atomic E-state index is 0. The maximum Gasteiger partial charge on any atom is 2.00 e. The molecule has 0 aliphatic heterocycles. The van der Waals surface area contributed by atoms with Crippen LogP contribution >= 0.6 is 0 Å². The fourth-order valence-corrected chi connectivity index (χ4v) is 5.37. The van der Waals surface area contributed by atoms with Crippen LogP contribution in [0.25, 0.3) is 0 Å². The molecule has 0 saturated heterocycles. The number of likely N-dealkylation sites (N-methyl/N-ethyl adjacent to an activating group) is 1. The minimum Gasteiger partial charge on any atom is -1.00 e. The fourth-order valence-electron chi connectivity index (χ4n) is 5.37. The Morgan fingerprint density at radius 1 is 0.500 bits per heavy atom. The zero-order valence-corrected chi connectivity index (χ0v) is 33.1. The van der Waals surface area contributed by atoms with E-state index in [9.17, 15) is 0 Å². The Morgan fingerprint density at radius 2 is 0.810 bits per heavy atom. The van der Waals surface area contributed by atoms with Gasteiger partial charge in [0, 0.05) is 31.0 Å². The molecule has 6 heteroatoms. The second-order valence-electron chi connectivity index (χ2n) is 13.6. The van der Waals surface area contributed by atoms with Gasteiger partial charge in [-0.1, -0.05) is 107 Å². The number of nitrogens with one attached hydrogen (secondary N) is 2. The number of nitrogens with zero attached hydrogens (tertiary/aromatic N) is 1. The van der Waals surface area contributed by atoms with Gasteiger partial charge in [-0.25, -0.2) is 0 Å². The van der Waals surface area contributed by atoms with Gasteiger partial charge in [0.15, 0.2) is 0 Å². The van der Waals surface area contributed by atoms with E-state index in [4.69, 9.17) is 0 Å². The first kappa shape index (κ1) is 43.6. The maximum atomic E-state index is 3.86. The van der Waals surface area contributed by atoms with E-state index in [1.54, 1.807) is 0 Å². The number of hydrogen-bond donors (Lipinski definition) is 2. The molecular formula is C36H61Br2CoN3. The molecule has 0 aliphatic carbocycles. The summed E-state index contributed by atoms with van der Waals surface area (Å²) in [5.41, 5.74) is 11.5. The molecule has 42 heavy (non-hydrogen) atoms. The van der Waals surface area contributed by atoms with E-state index in [0.29, 0.717) is 35.5 Å². The molecule has 0 fully saturated rings. The predicted molar refractivity (Wildman–Crippen MR) is 177 cm³/mol. The van der Waals surface area contributed by atoms with Gasteiger partial charge in [-0.2, -0.15) is 0 Å². The number of halogens is 2. The predicted octanol–water partition coefficient (Wildman–Crippen LogP) is 4.28. The van der Waals surface area contributed by atoms with Crippen LogP contribution in [0.2, 0.25) is 0 Å². The van der Waals surface area contributed by atoms with Gasteiger partial charge >= 0.3 is 16.8 Å². The van der Waals surface area contributed by atoms with Gasteiger partial charge in [0.05, 0.1) is 0 Å². The van der Waals surface area contributed by atoms with Crippen molar-refractivity contribution in [2.24, 2.45) is 0 Å². The van der Waals surface area contributed by atoms with Crippen LogP contribution in [0.3, 0.4) is 0 Å². The Kier molecular flexibility index (Phi) is 21.3. The first-order chi connectivity index (χ1) is 18.2. The quantitative estimate of drug-likeness (QED) is 0.266. The third-order valence-corrected chi connectivity index (χ3v) is 8.08. The fraction of sp³-hybridized carbons (Fsp3) is 0.667. The molecule has 2 aromatic carbocycles. The van der Waals surface area contributed by atoms with Gasteiger partial charge in [-0.15, -0.1) is 0 Å². The van der Waals surface area contributed by atoms with E-state index in [0.717, 1.165) is 32.6 Å². The molecule has 0 aliphatic rings. The number of rotatable bonds is 15. The maximum absolute atomic E-state index is 3.86. The van der Waals surface area contributed by atoms with Gasteiger partial charge in [0.25, 0.3) is 0 Å². The molecule has 2 aromatic rings. The first-order valence-corrected chi connectivity index (χ1v) is 15.8. The summed E-state index contributed by atoms with van der Waals surface area (Å²) >= 11 is 0. The topological polar surface area (TPSA) is 27.3 Å². The van der Waals surface area contributed by atoms with Gasteiger partial charge in [0.2, 0.25) is 0 Å². The van der Waals surface area contributed by atoms with Crippen LogP contribution in [0, 0.1) is 0 Å². The molecule has 0 spiro atoms. The van der Waals surface area contributed by atoms with Gasteiger partial charge < -0.3 is 49.5 Å². The van der Waals surface area contributed by atoms with Crippen molar-refractivity contribution in [1.82, 2.24) is 4.90 Å².